The van der Waals surface area contributed by atoms with E-state index >= 15 is 0 Å². The van der Waals surface area contributed by atoms with Crippen molar-refractivity contribution in [2.75, 3.05) is 5.32 Å². The largest absolute Gasteiger partial charge is 0.326 e. The standard InChI is InChI=1S/C14H16ClN3O/c1-10-3-4-12(15)9-13(10)17-14(19)6-8-18-11(2)5-7-16-18/h3-5,7,9H,6,8H2,1-2H3,(H,17,19). The zero-order chi connectivity index (χ0) is 13.8. The van der Waals surface area contributed by atoms with E-state index in [0.717, 1.165) is 16.9 Å². The Kier molecular flexibility index (Phi) is 4.22. The number of carbonyl (C=O) groups is 1. The molecule has 0 unspecified atom stereocenters. The first-order valence-corrected chi connectivity index (χ1v) is 6.48. The van der Waals surface area contributed by atoms with E-state index in [1.807, 2.05) is 30.7 Å². The van der Waals surface area contributed by atoms with Crippen LogP contribution in [0, 0.1) is 13.8 Å². The van der Waals surface area contributed by atoms with Crippen molar-refractivity contribution in [1.29, 1.82) is 0 Å². The second kappa shape index (κ2) is 5.89. The van der Waals surface area contributed by atoms with Crippen LogP contribution in [0.5, 0.6) is 0 Å². The number of aromatic nitrogens is 2. The smallest absolute Gasteiger partial charge is 0.226 e. The van der Waals surface area contributed by atoms with Gasteiger partial charge in [-0.2, -0.15) is 5.10 Å². The number of nitrogens with one attached hydrogen (secondary N) is 1. The molecular formula is C14H16ClN3O. The lowest BCUT2D eigenvalue weighted by atomic mass is 10.2. The van der Waals surface area contributed by atoms with Crippen molar-refractivity contribution in [3.63, 3.8) is 0 Å². The third-order valence-corrected chi connectivity index (χ3v) is 3.19. The van der Waals surface area contributed by atoms with Crippen LogP contribution in [0.4, 0.5) is 5.69 Å². The Morgan fingerprint density at radius 3 is 2.84 bits per heavy atom. The van der Waals surface area contributed by atoms with Crippen molar-refractivity contribution in [3.05, 3.63) is 46.7 Å². The summed E-state index contributed by atoms with van der Waals surface area (Å²) >= 11 is 5.91. The molecule has 0 atom stereocenters. The Balaban J connectivity index is 1.94. The molecular weight excluding hydrogens is 262 g/mol. The highest BCUT2D eigenvalue weighted by molar-refractivity contribution is 6.31. The van der Waals surface area contributed by atoms with Crippen molar-refractivity contribution in [3.8, 4) is 0 Å². The third-order valence-electron chi connectivity index (χ3n) is 2.95. The lowest BCUT2D eigenvalue weighted by Gasteiger charge is -2.09. The van der Waals surface area contributed by atoms with Gasteiger partial charge in [-0.15, -0.1) is 0 Å². The van der Waals surface area contributed by atoms with Crippen LogP contribution in [0.25, 0.3) is 0 Å². The second-order valence-corrected chi connectivity index (χ2v) is 4.89. The molecule has 2 rings (SSSR count). The quantitative estimate of drug-likeness (QED) is 0.933. The van der Waals surface area contributed by atoms with Gasteiger partial charge < -0.3 is 5.32 Å². The second-order valence-electron chi connectivity index (χ2n) is 4.45. The number of amides is 1. The van der Waals surface area contributed by atoms with Gasteiger partial charge in [-0.1, -0.05) is 17.7 Å². The average molecular weight is 278 g/mol. The van der Waals surface area contributed by atoms with Crippen LogP contribution in [-0.2, 0) is 11.3 Å². The lowest BCUT2D eigenvalue weighted by Crippen LogP contribution is -2.16. The molecule has 1 N–H and O–H groups in total. The molecule has 0 aliphatic heterocycles. The topological polar surface area (TPSA) is 46.9 Å². The first kappa shape index (κ1) is 13.6. The first-order chi connectivity index (χ1) is 9.06. The monoisotopic (exact) mass is 277 g/mol. The highest BCUT2D eigenvalue weighted by Crippen LogP contribution is 2.20. The molecule has 4 nitrogen and oxygen atoms in total. The molecule has 19 heavy (non-hydrogen) atoms. The summed E-state index contributed by atoms with van der Waals surface area (Å²) in [5, 5.41) is 7.63. The summed E-state index contributed by atoms with van der Waals surface area (Å²) in [6.07, 6.45) is 2.11. The van der Waals surface area contributed by atoms with Gasteiger partial charge in [0, 0.05) is 35.6 Å². The van der Waals surface area contributed by atoms with Crippen molar-refractivity contribution in [2.45, 2.75) is 26.8 Å². The molecule has 0 radical (unpaired) electrons. The lowest BCUT2D eigenvalue weighted by molar-refractivity contribution is -0.116. The minimum Gasteiger partial charge on any atom is -0.326 e. The van der Waals surface area contributed by atoms with Gasteiger partial charge in [0.15, 0.2) is 0 Å². The van der Waals surface area contributed by atoms with E-state index in [4.69, 9.17) is 11.6 Å². The summed E-state index contributed by atoms with van der Waals surface area (Å²) in [6.45, 7) is 4.47. The maximum absolute atomic E-state index is 11.9. The Labute approximate surface area is 117 Å². The van der Waals surface area contributed by atoms with Gasteiger partial charge in [0.25, 0.3) is 0 Å². The summed E-state index contributed by atoms with van der Waals surface area (Å²) in [7, 11) is 0. The summed E-state index contributed by atoms with van der Waals surface area (Å²) in [5.41, 5.74) is 2.80. The van der Waals surface area contributed by atoms with Crippen LogP contribution in [0.3, 0.4) is 0 Å². The molecule has 100 valence electrons. The van der Waals surface area contributed by atoms with Gasteiger partial charge in [-0.3, -0.25) is 9.48 Å². The highest BCUT2D eigenvalue weighted by Gasteiger charge is 2.06. The SMILES string of the molecule is Cc1ccc(Cl)cc1NC(=O)CCn1nccc1C. The van der Waals surface area contributed by atoms with Gasteiger partial charge in [-0.05, 0) is 37.6 Å². The van der Waals surface area contributed by atoms with Crippen molar-refractivity contribution < 1.29 is 4.79 Å². The first-order valence-electron chi connectivity index (χ1n) is 6.10. The predicted octanol–water partition coefficient (Wildman–Crippen LogP) is 3.18. The number of hydrogen-bond donors (Lipinski definition) is 1. The molecule has 0 bridgehead atoms. The number of anilines is 1. The van der Waals surface area contributed by atoms with Crippen LogP contribution in [-0.4, -0.2) is 15.7 Å². The average Bonchev–Trinajstić information content (AvgIpc) is 2.77. The molecule has 0 spiro atoms. The molecule has 2 aromatic rings. The molecule has 0 aliphatic rings. The van der Waals surface area contributed by atoms with Crippen molar-refractivity contribution in [1.82, 2.24) is 9.78 Å². The van der Waals surface area contributed by atoms with E-state index < -0.39 is 0 Å². The minimum atomic E-state index is -0.0414. The zero-order valence-electron chi connectivity index (χ0n) is 11.0. The summed E-state index contributed by atoms with van der Waals surface area (Å²) < 4.78 is 1.81. The van der Waals surface area contributed by atoms with E-state index in [-0.39, 0.29) is 5.91 Å². The van der Waals surface area contributed by atoms with E-state index in [9.17, 15) is 4.79 Å². The van der Waals surface area contributed by atoms with Crippen molar-refractivity contribution >= 4 is 23.2 Å². The third kappa shape index (κ3) is 3.58. The van der Waals surface area contributed by atoms with Crippen LogP contribution in [0.15, 0.2) is 30.5 Å². The van der Waals surface area contributed by atoms with Crippen LogP contribution in [0.1, 0.15) is 17.7 Å². The number of hydrogen-bond acceptors (Lipinski definition) is 2. The summed E-state index contributed by atoms with van der Waals surface area (Å²) in [4.78, 5) is 11.9. The molecule has 0 aliphatic carbocycles. The van der Waals surface area contributed by atoms with Crippen LogP contribution >= 0.6 is 11.6 Å². The van der Waals surface area contributed by atoms with Crippen LogP contribution in [0.2, 0.25) is 5.02 Å². The van der Waals surface area contributed by atoms with Gasteiger partial charge in [-0.25, -0.2) is 0 Å². The molecule has 1 aromatic heterocycles. The molecule has 0 saturated carbocycles. The minimum absolute atomic E-state index is 0.0414. The van der Waals surface area contributed by atoms with E-state index in [2.05, 4.69) is 10.4 Å². The molecule has 0 fully saturated rings. The van der Waals surface area contributed by atoms with Crippen LogP contribution < -0.4 is 5.32 Å². The number of nitrogens with zero attached hydrogens (tertiary/aromatic N) is 2. The molecule has 5 heteroatoms. The number of carbonyl (C=O) groups excluding carboxylic acids is 1. The number of aryl methyl sites for hydroxylation is 3. The number of benzene rings is 1. The normalized spacial score (nSPS) is 10.5. The fourth-order valence-electron chi connectivity index (χ4n) is 1.78. The molecule has 1 amide bonds. The zero-order valence-corrected chi connectivity index (χ0v) is 11.7. The predicted molar refractivity (Wildman–Crippen MR) is 76.4 cm³/mol. The Morgan fingerprint density at radius 2 is 2.16 bits per heavy atom. The van der Waals surface area contributed by atoms with E-state index in [1.165, 1.54) is 0 Å². The summed E-state index contributed by atoms with van der Waals surface area (Å²) in [6, 6.07) is 7.36. The molecule has 1 aromatic carbocycles. The number of halogens is 1. The Morgan fingerprint density at radius 1 is 1.37 bits per heavy atom. The molecule has 0 saturated heterocycles. The fourth-order valence-corrected chi connectivity index (χ4v) is 1.95. The fraction of sp³-hybridized carbons (Fsp3) is 0.286. The Hall–Kier alpha value is -1.81. The van der Waals surface area contributed by atoms with Gasteiger partial charge in [0.05, 0.1) is 0 Å². The highest BCUT2D eigenvalue weighted by atomic mass is 35.5. The van der Waals surface area contributed by atoms with Gasteiger partial charge >= 0.3 is 0 Å². The maximum atomic E-state index is 11.9. The number of rotatable bonds is 4. The Bertz CT molecular complexity index is 592. The summed E-state index contributed by atoms with van der Waals surface area (Å²) in [5.74, 6) is -0.0414. The molecule has 1 heterocycles. The van der Waals surface area contributed by atoms with Gasteiger partial charge in [0.2, 0.25) is 5.91 Å². The van der Waals surface area contributed by atoms with Crippen molar-refractivity contribution in [2.24, 2.45) is 0 Å². The van der Waals surface area contributed by atoms with E-state index in [0.29, 0.717) is 18.0 Å². The van der Waals surface area contributed by atoms with Gasteiger partial charge in [0.1, 0.15) is 0 Å². The maximum Gasteiger partial charge on any atom is 0.226 e. The van der Waals surface area contributed by atoms with E-state index in [1.54, 1.807) is 18.3 Å².